The molecule has 1 heterocycles. The van der Waals surface area contributed by atoms with E-state index in [1.807, 2.05) is 24.3 Å². The zero-order valence-corrected chi connectivity index (χ0v) is 17.2. The first-order valence-corrected chi connectivity index (χ1v) is 10.6. The van der Waals surface area contributed by atoms with Crippen molar-refractivity contribution >= 4 is 21.6 Å². The van der Waals surface area contributed by atoms with Gasteiger partial charge in [0.1, 0.15) is 11.6 Å². The van der Waals surface area contributed by atoms with Crippen molar-refractivity contribution in [3.05, 3.63) is 54.3 Å². The molecule has 9 heteroatoms. The maximum Gasteiger partial charge on any atom is 0.243 e. The van der Waals surface area contributed by atoms with Gasteiger partial charge in [-0.3, -0.25) is 4.79 Å². The molecule has 0 saturated carbocycles. The molecule has 29 heavy (non-hydrogen) atoms. The first-order valence-electron chi connectivity index (χ1n) is 9.20. The molecule has 156 valence electrons. The first-order chi connectivity index (χ1) is 13.8. The maximum absolute atomic E-state index is 13.0. The van der Waals surface area contributed by atoms with Gasteiger partial charge in [-0.25, -0.2) is 12.8 Å². The van der Waals surface area contributed by atoms with Crippen molar-refractivity contribution in [2.45, 2.75) is 4.90 Å². The average molecular weight is 421 g/mol. The highest BCUT2D eigenvalue weighted by Crippen LogP contribution is 2.28. The smallest absolute Gasteiger partial charge is 0.243 e. The molecule has 0 unspecified atom stereocenters. The van der Waals surface area contributed by atoms with E-state index in [-0.39, 0.29) is 17.3 Å². The molecule has 1 saturated heterocycles. The average Bonchev–Trinajstić information content (AvgIpc) is 2.74. The van der Waals surface area contributed by atoms with Crippen molar-refractivity contribution in [3.63, 3.8) is 0 Å². The van der Waals surface area contributed by atoms with E-state index < -0.39 is 15.8 Å². The molecule has 0 spiro atoms. The van der Waals surface area contributed by atoms with Crippen LogP contribution in [0.15, 0.2) is 53.4 Å². The van der Waals surface area contributed by atoms with Crippen LogP contribution in [0.1, 0.15) is 0 Å². The minimum absolute atomic E-state index is 0.0461. The molecule has 1 fully saturated rings. The molecule has 1 aliphatic heterocycles. The molecule has 1 aliphatic rings. The Morgan fingerprint density at radius 1 is 1.07 bits per heavy atom. The number of carbonyl (C=O) groups excluding carboxylic acids is 1. The second-order valence-corrected chi connectivity index (χ2v) is 8.80. The van der Waals surface area contributed by atoms with Gasteiger partial charge in [0.05, 0.1) is 24.2 Å². The van der Waals surface area contributed by atoms with Gasteiger partial charge in [-0.15, -0.1) is 0 Å². The highest BCUT2D eigenvalue weighted by molar-refractivity contribution is 7.89. The van der Waals surface area contributed by atoms with Crippen LogP contribution in [0.25, 0.3) is 0 Å². The van der Waals surface area contributed by atoms with Crippen molar-refractivity contribution < 1.29 is 22.3 Å². The molecule has 2 aromatic carbocycles. The molecule has 2 aromatic rings. The van der Waals surface area contributed by atoms with Gasteiger partial charge in [0.15, 0.2) is 0 Å². The summed E-state index contributed by atoms with van der Waals surface area (Å²) in [6.45, 7) is 1.96. The van der Waals surface area contributed by atoms with Gasteiger partial charge in [0.25, 0.3) is 0 Å². The number of ether oxygens (including phenoxy) is 1. The van der Waals surface area contributed by atoms with Gasteiger partial charge in [0, 0.05) is 33.2 Å². The highest BCUT2D eigenvalue weighted by Gasteiger charge is 2.27. The number of rotatable bonds is 6. The summed E-state index contributed by atoms with van der Waals surface area (Å²) in [5.74, 6) is -0.00846. The fourth-order valence-electron chi connectivity index (χ4n) is 3.25. The molecule has 3 rings (SSSR count). The van der Waals surface area contributed by atoms with Crippen molar-refractivity contribution in [2.24, 2.45) is 0 Å². The second-order valence-electron chi connectivity index (χ2n) is 6.75. The predicted octanol–water partition coefficient (Wildman–Crippen LogP) is 1.80. The standard InChI is InChI=1S/C20H24FN3O4S/c1-22(29(26,27)17-9-7-16(21)8-10-17)15-20(25)24-13-11-23(12-14-24)18-5-3-4-6-19(18)28-2/h3-10H,11-15H2,1-2H3. The van der Waals surface area contributed by atoms with Crippen molar-refractivity contribution in [3.8, 4) is 5.75 Å². The number of hydrogen-bond acceptors (Lipinski definition) is 5. The number of halogens is 1. The van der Waals surface area contributed by atoms with Crippen LogP contribution in [0, 0.1) is 5.82 Å². The lowest BCUT2D eigenvalue weighted by Crippen LogP contribution is -2.51. The lowest BCUT2D eigenvalue weighted by Gasteiger charge is -2.37. The van der Waals surface area contributed by atoms with E-state index in [0.717, 1.165) is 27.9 Å². The summed E-state index contributed by atoms with van der Waals surface area (Å²) in [5, 5.41) is 0. The summed E-state index contributed by atoms with van der Waals surface area (Å²) in [6.07, 6.45) is 0. The Kier molecular flexibility index (Phi) is 6.39. The van der Waals surface area contributed by atoms with Crippen LogP contribution in [-0.4, -0.2) is 70.4 Å². The molecule has 0 atom stereocenters. The number of amides is 1. The van der Waals surface area contributed by atoms with Crippen molar-refractivity contribution in [2.75, 3.05) is 51.8 Å². The molecule has 0 aromatic heterocycles. The largest absolute Gasteiger partial charge is 0.495 e. The van der Waals surface area contributed by atoms with Crippen LogP contribution < -0.4 is 9.64 Å². The Labute approximate surface area is 170 Å². The quantitative estimate of drug-likeness (QED) is 0.712. The zero-order chi connectivity index (χ0) is 21.0. The summed E-state index contributed by atoms with van der Waals surface area (Å²) in [5.41, 5.74) is 0.970. The summed E-state index contributed by atoms with van der Waals surface area (Å²) >= 11 is 0. The summed E-state index contributed by atoms with van der Waals surface area (Å²) < 4.78 is 44.6. The Hall–Kier alpha value is -2.65. The number of sulfonamides is 1. The van der Waals surface area contributed by atoms with E-state index in [9.17, 15) is 17.6 Å². The summed E-state index contributed by atoms with van der Waals surface area (Å²) in [6, 6.07) is 12.3. The Morgan fingerprint density at radius 3 is 2.31 bits per heavy atom. The predicted molar refractivity (Wildman–Crippen MR) is 108 cm³/mol. The minimum Gasteiger partial charge on any atom is -0.495 e. The van der Waals surface area contributed by atoms with E-state index in [2.05, 4.69) is 4.90 Å². The third kappa shape index (κ3) is 4.68. The highest BCUT2D eigenvalue weighted by atomic mass is 32.2. The Balaban J connectivity index is 1.60. The molecule has 0 bridgehead atoms. The molecular formula is C20H24FN3O4S. The summed E-state index contributed by atoms with van der Waals surface area (Å²) in [4.78, 5) is 16.4. The van der Waals surface area contributed by atoms with Crippen molar-refractivity contribution in [1.29, 1.82) is 0 Å². The van der Waals surface area contributed by atoms with Crippen LogP contribution in [-0.2, 0) is 14.8 Å². The Morgan fingerprint density at radius 2 is 1.69 bits per heavy atom. The fraction of sp³-hybridized carbons (Fsp3) is 0.350. The van der Waals surface area contributed by atoms with Crippen LogP contribution in [0.3, 0.4) is 0 Å². The van der Waals surface area contributed by atoms with E-state index in [1.54, 1.807) is 12.0 Å². The SMILES string of the molecule is COc1ccccc1N1CCN(C(=O)CN(C)S(=O)(=O)c2ccc(F)cc2)CC1. The number of nitrogens with zero attached hydrogens (tertiary/aromatic N) is 3. The van der Waals surface area contributed by atoms with Crippen LogP contribution in [0.2, 0.25) is 0 Å². The van der Waals surface area contributed by atoms with E-state index in [0.29, 0.717) is 26.2 Å². The number of para-hydroxylation sites is 2. The van der Waals surface area contributed by atoms with Gasteiger partial charge in [-0.1, -0.05) is 12.1 Å². The third-order valence-electron chi connectivity index (χ3n) is 4.94. The van der Waals surface area contributed by atoms with Crippen molar-refractivity contribution in [1.82, 2.24) is 9.21 Å². The first kappa shape index (κ1) is 21.1. The lowest BCUT2D eigenvalue weighted by molar-refractivity contribution is -0.131. The van der Waals surface area contributed by atoms with E-state index in [1.165, 1.54) is 19.2 Å². The van der Waals surface area contributed by atoms with Gasteiger partial charge in [-0.2, -0.15) is 4.31 Å². The topological polar surface area (TPSA) is 70.2 Å². The molecule has 7 nitrogen and oxygen atoms in total. The normalized spacial score (nSPS) is 14.9. The number of benzene rings is 2. The van der Waals surface area contributed by atoms with Gasteiger partial charge in [0.2, 0.25) is 15.9 Å². The second kappa shape index (κ2) is 8.79. The zero-order valence-electron chi connectivity index (χ0n) is 16.4. The van der Waals surface area contributed by atoms with Gasteiger partial charge < -0.3 is 14.5 Å². The van der Waals surface area contributed by atoms with Gasteiger partial charge >= 0.3 is 0 Å². The number of methoxy groups -OCH3 is 1. The number of hydrogen-bond donors (Lipinski definition) is 0. The number of piperazine rings is 1. The number of likely N-dealkylation sites (N-methyl/N-ethyl adjacent to an activating group) is 1. The molecule has 0 N–H and O–H groups in total. The number of carbonyl (C=O) groups is 1. The molecule has 0 aliphatic carbocycles. The lowest BCUT2D eigenvalue weighted by atomic mass is 10.2. The van der Waals surface area contributed by atoms with E-state index in [4.69, 9.17) is 4.74 Å². The number of anilines is 1. The fourth-order valence-corrected chi connectivity index (χ4v) is 4.37. The summed E-state index contributed by atoms with van der Waals surface area (Å²) in [7, 11) is -0.890. The Bertz CT molecular complexity index is 958. The molecular weight excluding hydrogens is 397 g/mol. The molecule has 0 radical (unpaired) electrons. The van der Waals surface area contributed by atoms with Crippen LogP contribution in [0.4, 0.5) is 10.1 Å². The van der Waals surface area contributed by atoms with Crippen LogP contribution in [0.5, 0.6) is 5.75 Å². The minimum atomic E-state index is -3.86. The van der Waals surface area contributed by atoms with Gasteiger partial charge in [-0.05, 0) is 36.4 Å². The third-order valence-corrected chi connectivity index (χ3v) is 6.76. The monoisotopic (exact) mass is 421 g/mol. The maximum atomic E-state index is 13.0. The van der Waals surface area contributed by atoms with Crippen LogP contribution >= 0.6 is 0 Å². The van der Waals surface area contributed by atoms with E-state index >= 15 is 0 Å². The molecule has 1 amide bonds.